The molecule has 2 aromatic heterocycles. The predicted octanol–water partition coefficient (Wildman–Crippen LogP) is 4.96. The van der Waals surface area contributed by atoms with Crippen molar-refractivity contribution in [2.24, 2.45) is 22.2 Å². The van der Waals surface area contributed by atoms with E-state index in [1.807, 2.05) is 26.0 Å². The Morgan fingerprint density at radius 2 is 1.89 bits per heavy atom. The number of aromatic amines is 1. The van der Waals surface area contributed by atoms with E-state index < -0.39 is 23.6 Å². The largest absolute Gasteiger partial charge is 0.573 e. The Kier molecular flexibility index (Phi) is 10.9. The zero-order valence-corrected chi connectivity index (χ0v) is 25.6. The number of fused-ring (bicyclic) bond motifs is 1. The van der Waals surface area contributed by atoms with Crippen molar-refractivity contribution >= 4 is 17.0 Å². The number of rotatable bonds is 14. The maximum Gasteiger partial charge on any atom is 0.573 e. The molecule has 0 aliphatic carbocycles. The first-order valence-electron chi connectivity index (χ1n) is 14.8. The number of hydrogen-bond acceptors (Lipinski definition) is 6. The molecule has 0 fully saturated rings. The van der Waals surface area contributed by atoms with Crippen LogP contribution in [0.2, 0.25) is 0 Å². The number of nitrogens with two attached hydrogens (primary N) is 3. The summed E-state index contributed by atoms with van der Waals surface area (Å²) in [5.41, 5.74) is 18.2. The van der Waals surface area contributed by atoms with Crippen LogP contribution in [0.15, 0.2) is 71.1 Å². The minimum Gasteiger partial charge on any atom is -0.403 e. The van der Waals surface area contributed by atoms with Crippen molar-refractivity contribution in [3.05, 3.63) is 88.7 Å². The number of halogens is 4. The molecule has 246 valence electrons. The van der Waals surface area contributed by atoms with Crippen LogP contribution >= 0.6 is 0 Å². The highest BCUT2D eigenvalue weighted by molar-refractivity contribution is 5.83. The van der Waals surface area contributed by atoms with Gasteiger partial charge in [0.15, 0.2) is 17.5 Å². The van der Waals surface area contributed by atoms with Gasteiger partial charge in [0.1, 0.15) is 5.65 Å². The average molecular weight is 643 g/mol. The van der Waals surface area contributed by atoms with Crippen LogP contribution in [0.1, 0.15) is 50.3 Å². The van der Waals surface area contributed by atoms with Crippen LogP contribution in [-0.2, 0) is 6.42 Å². The van der Waals surface area contributed by atoms with Crippen molar-refractivity contribution in [2.75, 3.05) is 6.54 Å². The summed E-state index contributed by atoms with van der Waals surface area (Å²) in [4.78, 5) is 24.0. The second-order valence-electron chi connectivity index (χ2n) is 11.2. The van der Waals surface area contributed by atoms with Gasteiger partial charge in [0.2, 0.25) is 0 Å². The molecule has 0 aliphatic heterocycles. The van der Waals surface area contributed by atoms with Crippen molar-refractivity contribution in [3.8, 4) is 22.7 Å². The van der Waals surface area contributed by atoms with Crippen LogP contribution in [-0.4, -0.2) is 45.5 Å². The molecule has 0 aliphatic rings. The Bertz CT molecular complexity index is 1740. The number of guanidine groups is 1. The third kappa shape index (κ3) is 8.95. The van der Waals surface area contributed by atoms with E-state index in [2.05, 4.69) is 31.6 Å². The monoisotopic (exact) mass is 642 g/mol. The van der Waals surface area contributed by atoms with Crippen LogP contribution < -0.4 is 32.9 Å². The second-order valence-corrected chi connectivity index (χ2v) is 11.2. The van der Waals surface area contributed by atoms with Gasteiger partial charge in [0, 0.05) is 29.2 Å². The van der Waals surface area contributed by atoms with E-state index in [-0.39, 0.29) is 41.0 Å². The highest BCUT2D eigenvalue weighted by atomic mass is 19.4. The lowest BCUT2D eigenvalue weighted by Crippen LogP contribution is -2.27. The van der Waals surface area contributed by atoms with Gasteiger partial charge in [-0.2, -0.15) is 4.98 Å². The summed E-state index contributed by atoms with van der Waals surface area (Å²) in [7, 11) is 0. The maximum atomic E-state index is 15.4. The van der Waals surface area contributed by atoms with Gasteiger partial charge in [-0.05, 0) is 87.5 Å². The number of ether oxygens (including phenoxy) is 1. The number of benzene rings is 2. The van der Waals surface area contributed by atoms with Gasteiger partial charge in [-0.15, -0.1) is 19.8 Å². The Balaban J connectivity index is 1.58. The molecule has 4 rings (SSSR count). The summed E-state index contributed by atoms with van der Waals surface area (Å²) in [5.74, 6) is -2.13. The fourth-order valence-electron chi connectivity index (χ4n) is 5.06. The first-order valence-corrected chi connectivity index (χ1v) is 14.8. The summed E-state index contributed by atoms with van der Waals surface area (Å²) in [6.45, 7) is 8.20. The van der Waals surface area contributed by atoms with Gasteiger partial charge in [0.25, 0.3) is 0 Å². The Hall–Kier alpha value is -4.69. The molecule has 0 saturated heterocycles. The number of H-pyrrole nitrogens is 1. The molecule has 4 aromatic rings. The number of nitrogens with one attached hydrogen (secondary N) is 2. The Labute approximate surface area is 263 Å². The van der Waals surface area contributed by atoms with Gasteiger partial charge >= 0.3 is 12.1 Å². The first-order chi connectivity index (χ1) is 21.7. The summed E-state index contributed by atoms with van der Waals surface area (Å²) in [6.07, 6.45) is 0.377. The molecule has 0 radical (unpaired) electrons. The summed E-state index contributed by atoms with van der Waals surface area (Å²) in [5, 5.41) is 3.85. The van der Waals surface area contributed by atoms with Crippen LogP contribution in [0.5, 0.6) is 5.75 Å². The minimum atomic E-state index is -5.08. The third-order valence-corrected chi connectivity index (χ3v) is 7.40. The number of alkyl halides is 3. The van der Waals surface area contributed by atoms with Gasteiger partial charge in [-0.25, -0.2) is 14.2 Å². The molecule has 8 N–H and O–H groups in total. The highest BCUT2D eigenvalue weighted by Gasteiger charge is 2.33. The topological polar surface area (TPSA) is 162 Å². The Morgan fingerprint density at radius 3 is 2.52 bits per heavy atom. The maximum absolute atomic E-state index is 15.4. The fourth-order valence-corrected chi connectivity index (χ4v) is 5.06. The Morgan fingerprint density at radius 1 is 1.17 bits per heavy atom. The van der Waals surface area contributed by atoms with E-state index in [4.69, 9.17) is 17.2 Å². The summed E-state index contributed by atoms with van der Waals surface area (Å²) in [6, 6.07) is 11.0. The van der Waals surface area contributed by atoms with Crippen molar-refractivity contribution in [1.29, 1.82) is 0 Å². The number of aliphatic imine (C=N–C) groups is 1. The molecule has 14 heteroatoms. The van der Waals surface area contributed by atoms with Crippen molar-refractivity contribution in [2.45, 2.75) is 64.0 Å². The zero-order valence-electron chi connectivity index (χ0n) is 25.6. The molecule has 0 saturated carbocycles. The van der Waals surface area contributed by atoms with E-state index >= 15 is 4.39 Å². The molecule has 0 spiro atoms. The van der Waals surface area contributed by atoms with Gasteiger partial charge in [-0.1, -0.05) is 18.2 Å². The number of hydrogen-bond donors (Lipinski definition) is 5. The standard InChI is InChI=1S/C32H38F4N8O2/c1-4-23(41-30(38)39)12-13-40-19(3)21-8-10-24(11-9-21)44-17-22-16-26(42-29(22)43-31(44)45)25-14-20(7-5-6-18(2)37)15-27(28(25)33)46-32(34,35)36/h4,8-11,14-19,23,40H,1,5-7,12-13,37H2,2-3H3,(H4,38,39,41)(H,42,43,45)/t18-,19-,23+/m0/s1. The van der Waals surface area contributed by atoms with E-state index in [1.165, 1.54) is 22.9 Å². The molecule has 2 heterocycles. The SMILES string of the molecule is C=C[C@H](CCN[C@@H](C)c1ccc(-n2cc3cc(-c4cc(CCC[C@H](C)N)cc(OC(F)(F)F)c4F)[nH]c3nc2=O)cc1)N=C(N)N. The van der Waals surface area contributed by atoms with Crippen molar-refractivity contribution in [1.82, 2.24) is 19.9 Å². The normalized spacial score (nSPS) is 13.7. The predicted molar refractivity (Wildman–Crippen MR) is 171 cm³/mol. The van der Waals surface area contributed by atoms with Crippen LogP contribution in [0.4, 0.5) is 17.6 Å². The second kappa shape index (κ2) is 14.6. The molecule has 2 aromatic carbocycles. The van der Waals surface area contributed by atoms with E-state index in [0.29, 0.717) is 48.9 Å². The third-order valence-electron chi connectivity index (χ3n) is 7.40. The van der Waals surface area contributed by atoms with E-state index in [0.717, 1.165) is 11.6 Å². The summed E-state index contributed by atoms with van der Waals surface area (Å²) < 4.78 is 60.0. The van der Waals surface area contributed by atoms with E-state index in [9.17, 15) is 18.0 Å². The highest BCUT2D eigenvalue weighted by Crippen LogP contribution is 2.35. The molecule has 3 atom stereocenters. The molecule has 0 unspecified atom stereocenters. The molecule has 10 nitrogen and oxygen atoms in total. The molecule has 0 amide bonds. The molecule has 46 heavy (non-hydrogen) atoms. The molecular weight excluding hydrogens is 604 g/mol. The van der Waals surface area contributed by atoms with Crippen molar-refractivity contribution in [3.63, 3.8) is 0 Å². The minimum absolute atomic E-state index is 0.00197. The lowest BCUT2D eigenvalue weighted by Gasteiger charge is -2.16. The lowest BCUT2D eigenvalue weighted by atomic mass is 10.0. The quantitative estimate of drug-likeness (QED) is 0.0562. The van der Waals surface area contributed by atoms with Crippen molar-refractivity contribution < 1.29 is 22.3 Å². The van der Waals surface area contributed by atoms with Gasteiger partial charge < -0.3 is 32.2 Å². The van der Waals surface area contributed by atoms with Crippen LogP contribution in [0, 0.1) is 5.82 Å². The van der Waals surface area contributed by atoms with Gasteiger partial charge in [-0.3, -0.25) is 4.57 Å². The first kappa shape index (κ1) is 34.2. The van der Waals surface area contributed by atoms with Gasteiger partial charge in [0.05, 0.1) is 17.4 Å². The van der Waals surface area contributed by atoms with E-state index in [1.54, 1.807) is 18.2 Å². The number of aryl methyl sites for hydroxylation is 1. The van der Waals surface area contributed by atoms with Crippen LogP contribution in [0.25, 0.3) is 28.0 Å². The molecular formula is C32H38F4N8O2. The fraction of sp³-hybridized carbons (Fsp3) is 0.344. The smallest absolute Gasteiger partial charge is 0.403 e. The number of nitrogens with zero attached hydrogens (tertiary/aromatic N) is 3. The van der Waals surface area contributed by atoms with Crippen LogP contribution in [0.3, 0.4) is 0 Å². The molecule has 0 bridgehead atoms. The zero-order chi connectivity index (χ0) is 33.6. The lowest BCUT2D eigenvalue weighted by molar-refractivity contribution is -0.275. The average Bonchev–Trinajstić information content (AvgIpc) is 3.39. The summed E-state index contributed by atoms with van der Waals surface area (Å²) >= 11 is 0. The number of aromatic nitrogens is 3.